The van der Waals surface area contributed by atoms with Crippen LogP contribution in [0.2, 0.25) is 0 Å². The van der Waals surface area contributed by atoms with Crippen molar-refractivity contribution in [2.24, 2.45) is 4.99 Å². The minimum absolute atomic E-state index is 0. The zero-order valence-electron chi connectivity index (χ0n) is 15.3. The van der Waals surface area contributed by atoms with Crippen LogP contribution in [-0.2, 0) is 6.42 Å². The second kappa shape index (κ2) is 13.5. The zero-order valence-corrected chi connectivity index (χ0v) is 18.5. The molecule has 3 N–H and O–H groups in total. The fraction of sp³-hybridized carbons (Fsp3) is 0.368. The maximum atomic E-state index is 12.9. The van der Waals surface area contributed by atoms with Crippen LogP contribution in [0.25, 0.3) is 0 Å². The molecule has 0 aliphatic rings. The third-order valence-corrected chi connectivity index (χ3v) is 4.47. The molecule has 2 rings (SSSR count). The maximum absolute atomic E-state index is 12.9. The summed E-state index contributed by atoms with van der Waals surface area (Å²) in [6.45, 7) is 4.72. The Morgan fingerprint density at radius 1 is 1.11 bits per heavy atom. The Hall–Kier alpha value is -1.68. The lowest BCUT2D eigenvalue weighted by molar-refractivity contribution is 0.0957. The Balaban J connectivity index is 0.00000364. The van der Waals surface area contributed by atoms with Crippen LogP contribution in [0.5, 0.6) is 0 Å². The van der Waals surface area contributed by atoms with Crippen molar-refractivity contribution in [2.75, 3.05) is 26.2 Å². The summed E-state index contributed by atoms with van der Waals surface area (Å²) in [4.78, 5) is 17.0. The SMILES string of the molecule is CCNC(=NCCCNC(=O)c1cccs1)NCCc1ccc(F)cc1.I. The quantitative estimate of drug-likeness (QED) is 0.212. The first-order chi connectivity index (χ1) is 12.7. The fourth-order valence-electron chi connectivity index (χ4n) is 2.28. The third-order valence-electron chi connectivity index (χ3n) is 3.60. The van der Waals surface area contributed by atoms with E-state index in [1.165, 1.54) is 23.5 Å². The molecule has 1 heterocycles. The minimum Gasteiger partial charge on any atom is -0.357 e. The van der Waals surface area contributed by atoms with Gasteiger partial charge in [0.25, 0.3) is 5.91 Å². The molecule has 0 spiro atoms. The predicted octanol–water partition coefficient (Wildman–Crippen LogP) is 3.42. The van der Waals surface area contributed by atoms with Gasteiger partial charge in [-0.25, -0.2) is 4.39 Å². The molecule has 27 heavy (non-hydrogen) atoms. The minimum atomic E-state index is -0.220. The number of nitrogens with one attached hydrogen (secondary N) is 3. The van der Waals surface area contributed by atoms with Gasteiger partial charge in [0, 0.05) is 26.2 Å². The number of hydrogen-bond acceptors (Lipinski definition) is 3. The highest BCUT2D eigenvalue weighted by molar-refractivity contribution is 14.0. The molecule has 0 radical (unpaired) electrons. The summed E-state index contributed by atoms with van der Waals surface area (Å²) in [5, 5.41) is 11.2. The van der Waals surface area contributed by atoms with Crippen LogP contribution in [0.15, 0.2) is 46.8 Å². The smallest absolute Gasteiger partial charge is 0.261 e. The molecule has 0 aliphatic heterocycles. The molecule has 0 unspecified atom stereocenters. The van der Waals surface area contributed by atoms with E-state index in [9.17, 15) is 9.18 Å². The summed E-state index contributed by atoms with van der Waals surface area (Å²) in [6.07, 6.45) is 1.56. The average molecular weight is 504 g/mol. The molecule has 0 aliphatic carbocycles. The molecule has 0 atom stereocenters. The second-order valence-electron chi connectivity index (χ2n) is 5.65. The van der Waals surface area contributed by atoms with Crippen molar-refractivity contribution in [1.29, 1.82) is 0 Å². The molecule has 1 aromatic heterocycles. The fourth-order valence-corrected chi connectivity index (χ4v) is 2.92. The zero-order chi connectivity index (χ0) is 18.6. The number of thiophene rings is 1. The van der Waals surface area contributed by atoms with Crippen LogP contribution in [0, 0.1) is 5.82 Å². The number of amides is 1. The highest BCUT2D eigenvalue weighted by atomic mass is 127. The van der Waals surface area contributed by atoms with E-state index in [4.69, 9.17) is 0 Å². The number of rotatable bonds is 9. The van der Waals surface area contributed by atoms with E-state index in [0.717, 1.165) is 35.8 Å². The van der Waals surface area contributed by atoms with E-state index in [1.807, 2.05) is 24.4 Å². The lowest BCUT2D eigenvalue weighted by Crippen LogP contribution is -2.38. The van der Waals surface area contributed by atoms with Crippen molar-refractivity contribution in [3.8, 4) is 0 Å². The van der Waals surface area contributed by atoms with Gasteiger partial charge in [-0.2, -0.15) is 0 Å². The van der Waals surface area contributed by atoms with E-state index in [-0.39, 0.29) is 35.7 Å². The highest BCUT2D eigenvalue weighted by Gasteiger charge is 2.04. The molecule has 2 aromatic rings. The van der Waals surface area contributed by atoms with Crippen LogP contribution >= 0.6 is 35.3 Å². The van der Waals surface area contributed by atoms with Gasteiger partial charge in [-0.05, 0) is 48.9 Å². The van der Waals surface area contributed by atoms with Gasteiger partial charge in [-0.1, -0.05) is 18.2 Å². The molecule has 0 saturated heterocycles. The van der Waals surface area contributed by atoms with Crippen LogP contribution < -0.4 is 16.0 Å². The normalized spacial score (nSPS) is 10.8. The number of halogens is 2. The van der Waals surface area contributed by atoms with Gasteiger partial charge in [0.1, 0.15) is 5.82 Å². The number of carbonyl (C=O) groups excluding carboxylic acids is 1. The number of carbonyl (C=O) groups is 1. The summed E-state index contributed by atoms with van der Waals surface area (Å²) in [6, 6.07) is 10.2. The summed E-state index contributed by atoms with van der Waals surface area (Å²) in [5.74, 6) is 0.496. The standard InChI is InChI=1S/C19H25FN4OS.HI/c1-2-21-19(24-13-10-15-6-8-16(20)9-7-15)23-12-4-11-22-18(25)17-5-3-14-26-17;/h3,5-9,14H,2,4,10-13H2,1H3,(H,22,25)(H2,21,23,24);1H. The lowest BCUT2D eigenvalue weighted by atomic mass is 10.1. The largest absolute Gasteiger partial charge is 0.357 e. The van der Waals surface area contributed by atoms with E-state index in [2.05, 4.69) is 20.9 Å². The van der Waals surface area contributed by atoms with Gasteiger partial charge < -0.3 is 16.0 Å². The van der Waals surface area contributed by atoms with E-state index >= 15 is 0 Å². The summed E-state index contributed by atoms with van der Waals surface area (Å²) in [7, 11) is 0. The van der Waals surface area contributed by atoms with E-state index in [0.29, 0.717) is 19.6 Å². The van der Waals surface area contributed by atoms with Crippen LogP contribution in [0.1, 0.15) is 28.6 Å². The second-order valence-corrected chi connectivity index (χ2v) is 6.60. The molecule has 1 aromatic carbocycles. The monoisotopic (exact) mass is 504 g/mol. The Morgan fingerprint density at radius 3 is 2.56 bits per heavy atom. The molecular formula is C19H26FIN4OS. The van der Waals surface area contributed by atoms with Gasteiger partial charge in [0.15, 0.2) is 5.96 Å². The average Bonchev–Trinajstić information content (AvgIpc) is 3.17. The molecule has 0 bridgehead atoms. The van der Waals surface area contributed by atoms with Crippen molar-refractivity contribution >= 4 is 47.2 Å². The summed E-state index contributed by atoms with van der Waals surface area (Å²) in [5.41, 5.74) is 1.08. The lowest BCUT2D eigenvalue weighted by Gasteiger charge is -2.11. The first kappa shape index (κ1) is 23.4. The van der Waals surface area contributed by atoms with Crippen molar-refractivity contribution < 1.29 is 9.18 Å². The number of benzene rings is 1. The van der Waals surface area contributed by atoms with Crippen LogP contribution in [0.3, 0.4) is 0 Å². The van der Waals surface area contributed by atoms with E-state index < -0.39 is 0 Å². The molecule has 8 heteroatoms. The van der Waals surface area contributed by atoms with Crippen molar-refractivity contribution in [3.63, 3.8) is 0 Å². The molecule has 5 nitrogen and oxygen atoms in total. The molecule has 1 amide bonds. The van der Waals surface area contributed by atoms with Gasteiger partial charge in [0.05, 0.1) is 4.88 Å². The van der Waals surface area contributed by atoms with Crippen LogP contribution in [-0.4, -0.2) is 38.0 Å². The first-order valence-corrected chi connectivity index (χ1v) is 9.65. The predicted molar refractivity (Wildman–Crippen MR) is 121 cm³/mol. The van der Waals surface area contributed by atoms with E-state index in [1.54, 1.807) is 12.1 Å². The van der Waals surface area contributed by atoms with Crippen molar-refractivity contribution in [1.82, 2.24) is 16.0 Å². The molecule has 148 valence electrons. The molecule has 0 fully saturated rings. The Bertz CT molecular complexity index is 692. The van der Waals surface area contributed by atoms with Gasteiger partial charge >= 0.3 is 0 Å². The van der Waals surface area contributed by atoms with Gasteiger partial charge in [-0.3, -0.25) is 9.79 Å². The number of aliphatic imine (C=N–C) groups is 1. The summed E-state index contributed by atoms with van der Waals surface area (Å²) < 4.78 is 12.9. The van der Waals surface area contributed by atoms with Crippen molar-refractivity contribution in [2.45, 2.75) is 19.8 Å². The third kappa shape index (κ3) is 9.18. The Morgan fingerprint density at radius 2 is 1.89 bits per heavy atom. The number of guanidine groups is 1. The van der Waals surface area contributed by atoms with Crippen LogP contribution in [0.4, 0.5) is 4.39 Å². The van der Waals surface area contributed by atoms with Crippen molar-refractivity contribution in [3.05, 3.63) is 58.0 Å². The van der Waals surface area contributed by atoms with Gasteiger partial charge in [0.2, 0.25) is 0 Å². The molecule has 0 saturated carbocycles. The summed E-state index contributed by atoms with van der Waals surface area (Å²) >= 11 is 1.43. The van der Waals surface area contributed by atoms with Gasteiger partial charge in [-0.15, -0.1) is 35.3 Å². The molecular weight excluding hydrogens is 478 g/mol. The first-order valence-electron chi connectivity index (χ1n) is 8.77. The number of nitrogens with zero attached hydrogens (tertiary/aromatic N) is 1. The Kier molecular flexibility index (Phi) is 11.7. The number of hydrogen-bond donors (Lipinski definition) is 3. The topological polar surface area (TPSA) is 65.5 Å². The maximum Gasteiger partial charge on any atom is 0.261 e. The highest BCUT2D eigenvalue weighted by Crippen LogP contribution is 2.07. The Labute approximate surface area is 180 Å².